The first-order valence-electron chi connectivity index (χ1n) is 9.16. The van der Waals surface area contributed by atoms with Crippen LogP contribution in [0.15, 0.2) is 53.7 Å². The standard InChI is InChI=1S/C21H24N4O3S/c1-14(20(26)22-13-16-10-11-18(27-3)19(12-16)28-4)29-21-24-23-15(2)25(21)17-8-6-5-7-9-17/h5-12,14H,13H2,1-4H3,(H,22,26)/t14-/m0/s1. The number of nitrogens with one attached hydrogen (secondary N) is 1. The number of carbonyl (C=O) groups is 1. The lowest BCUT2D eigenvalue weighted by Gasteiger charge is -2.14. The van der Waals surface area contributed by atoms with Crippen molar-refractivity contribution in [1.29, 1.82) is 0 Å². The van der Waals surface area contributed by atoms with Crippen LogP contribution in [0.4, 0.5) is 0 Å². The first-order chi connectivity index (χ1) is 14.0. The monoisotopic (exact) mass is 412 g/mol. The van der Waals surface area contributed by atoms with Gasteiger partial charge in [-0.15, -0.1) is 10.2 Å². The van der Waals surface area contributed by atoms with E-state index in [9.17, 15) is 4.79 Å². The van der Waals surface area contributed by atoms with Crippen molar-refractivity contribution in [2.75, 3.05) is 14.2 Å². The zero-order chi connectivity index (χ0) is 20.8. The summed E-state index contributed by atoms with van der Waals surface area (Å²) in [6.45, 7) is 4.15. The van der Waals surface area contributed by atoms with Crippen LogP contribution in [0.3, 0.4) is 0 Å². The van der Waals surface area contributed by atoms with Gasteiger partial charge in [0, 0.05) is 12.2 Å². The van der Waals surface area contributed by atoms with Gasteiger partial charge >= 0.3 is 0 Å². The van der Waals surface area contributed by atoms with Gasteiger partial charge in [0.2, 0.25) is 5.91 Å². The highest BCUT2D eigenvalue weighted by Crippen LogP contribution is 2.28. The van der Waals surface area contributed by atoms with Crippen molar-refractivity contribution < 1.29 is 14.3 Å². The number of nitrogens with zero attached hydrogens (tertiary/aromatic N) is 3. The Balaban J connectivity index is 1.65. The van der Waals surface area contributed by atoms with Crippen LogP contribution in [0.5, 0.6) is 11.5 Å². The summed E-state index contributed by atoms with van der Waals surface area (Å²) in [6.07, 6.45) is 0. The molecule has 2 aromatic carbocycles. The number of hydrogen-bond acceptors (Lipinski definition) is 6. The number of benzene rings is 2. The fraction of sp³-hybridized carbons (Fsp3) is 0.286. The summed E-state index contributed by atoms with van der Waals surface area (Å²) in [5.41, 5.74) is 1.90. The Hall–Kier alpha value is -3.00. The minimum Gasteiger partial charge on any atom is -0.493 e. The maximum atomic E-state index is 12.6. The van der Waals surface area contributed by atoms with E-state index in [1.165, 1.54) is 11.8 Å². The number of aryl methyl sites for hydroxylation is 1. The molecule has 7 nitrogen and oxygen atoms in total. The lowest BCUT2D eigenvalue weighted by molar-refractivity contribution is -0.120. The number of hydrogen-bond donors (Lipinski definition) is 1. The van der Waals surface area contributed by atoms with Crippen molar-refractivity contribution in [3.05, 3.63) is 59.9 Å². The van der Waals surface area contributed by atoms with Gasteiger partial charge in [0.05, 0.1) is 19.5 Å². The maximum absolute atomic E-state index is 12.6. The number of ether oxygens (including phenoxy) is 2. The van der Waals surface area contributed by atoms with Gasteiger partial charge in [-0.25, -0.2) is 0 Å². The third-order valence-electron chi connectivity index (χ3n) is 4.38. The third-order valence-corrected chi connectivity index (χ3v) is 5.42. The maximum Gasteiger partial charge on any atom is 0.233 e. The number of para-hydroxylation sites is 1. The molecule has 0 saturated carbocycles. The van der Waals surface area contributed by atoms with Crippen LogP contribution in [0.2, 0.25) is 0 Å². The summed E-state index contributed by atoms with van der Waals surface area (Å²) in [4.78, 5) is 12.6. The smallest absolute Gasteiger partial charge is 0.233 e. The molecule has 1 aromatic heterocycles. The molecule has 152 valence electrons. The van der Waals surface area contributed by atoms with E-state index in [4.69, 9.17) is 9.47 Å². The molecule has 0 bridgehead atoms. The molecule has 0 aliphatic rings. The number of thioether (sulfide) groups is 1. The molecule has 0 spiro atoms. The molecule has 1 amide bonds. The van der Waals surface area contributed by atoms with E-state index in [1.807, 2.05) is 66.9 Å². The van der Waals surface area contributed by atoms with Gasteiger partial charge in [0.15, 0.2) is 16.7 Å². The number of amides is 1. The molecule has 1 heterocycles. The van der Waals surface area contributed by atoms with Crippen molar-refractivity contribution in [2.45, 2.75) is 30.8 Å². The Morgan fingerprint density at radius 2 is 1.83 bits per heavy atom. The highest BCUT2D eigenvalue weighted by atomic mass is 32.2. The Labute approximate surface area is 174 Å². The normalized spacial score (nSPS) is 11.7. The second-order valence-electron chi connectivity index (χ2n) is 6.37. The van der Waals surface area contributed by atoms with Gasteiger partial charge in [0.25, 0.3) is 0 Å². The van der Waals surface area contributed by atoms with E-state index in [0.717, 1.165) is 17.1 Å². The molecule has 0 saturated heterocycles. The predicted octanol–water partition coefficient (Wildman–Crippen LogP) is 3.39. The minimum atomic E-state index is -0.332. The molecule has 3 rings (SSSR count). The summed E-state index contributed by atoms with van der Waals surface area (Å²) < 4.78 is 12.5. The topological polar surface area (TPSA) is 78.3 Å². The number of aromatic nitrogens is 3. The molecule has 0 aliphatic carbocycles. The van der Waals surface area contributed by atoms with E-state index >= 15 is 0 Å². The fourth-order valence-electron chi connectivity index (χ4n) is 2.83. The van der Waals surface area contributed by atoms with Gasteiger partial charge in [0.1, 0.15) is 5.82 Å². The summed E-state index contributed by atoms with van der Waals surface area (Å²) in [6, 6.07) is 15.4. The average molecular weight is 413 g/mol. The largest absolute Gasteiger partial charge is 0.493 e. The molecular weight excluding hydrogens is 388 g/mol. The highest BCUT2D eigenvalue weighted by Gasteiger charge is 2.20. The first kappa shape index (κ1) is 20.7. The number of carbonyl (C=O) groups excluding carboxylic acids is 1. The van der Waals surface area contributed by atoms with Gasteiger partial charge in [-0.1, -0.05) is 36.0 Å². The van der Waals surface area contributed by atoms with E-state index in [1.54, 1.807) is 14.2 Å². The zero-order valence-corrected chi connectivity index (χ0v) is 17.7. The van der Waals surface area contributed by atoms with Crippen molar-refractivity contribution in [3.63, 3.8) is 0 Å². The Kier molecular flexibility index (Phi) is 6.77. The van der Waals surface area contributed by atoms with Gasteiger partial charge in [-0.05, 0) is 43.7 Å². The second kappa shape index (κ2) is 9.47. The quantitative estimate of drug-likeness (QED) is 0.572. The highest BCUT2D eigenvalue weighted by molar-refractivity contribution is 8.00. The van der Waals surface area contributed by atoms with Crippen LogP contribution in [0.1, 0.15) is 18.3 Å². The number of rotatable bonds is 8. The number of methoxy groups -OCH3 is 2. The average Bonchev–Trinajstić information content (AvgIpc) is 3.12. The third kappa shape index (κ3) is 4.89. The van der Waals surface area contributed by atoms with E-state index in [2.05, 4.69) is 15.5 Å². The van der Waals surface area contributed by atoms with Crippen LogP contribution in [-0.4, -0.2) is 40.1 Å². The summed E-state index contributed by atoms with van der Waals surface area (Å²) in [5.74, 6) is 1.98. The zero-order valence-electron chi connectivity index (χ0n) is 16.9. The van der Waals surface area contributed by atoms with E-state index in [-0.39, 0.29) is 11.2 Å². The molecule has 1 atom stereocenters. The van der Waals surface area contributed by atoms with Crippen LogP contribution < -0.4 is 14.8 Å². The van der Waals surface area contributed by atoms with E-state index < -0.39 is 0 Å². The molecule has 3 aromatic rings. The molecular formula is C21H24N4O3S. The summed E-state index contributed by atoms with van der Waals surface area (Å²) in [5, 5.41) is 11.7. The lowest BCUT2D eigenvalue weighted by Crippen LogP contribution is -2.30. The van der Waals surface area contributed by atoms with Gasteiger partial charge in [-0.2, -0.15) is 0 Å². The Bertz CT molecular complexity index is 975. The predicted molar refractivity (Wildman–Crippen MR) is 113 cm³/mol. The van der Waals surface area contributed by atoms with Crippen molar-refractivity contribution in [3.8, 4) is 17.2 Å². The van der Waals surface area contributed by atoms with Gasteiger partial charge in [-0.3, -0.25) is 9.36 Å². The van der Waals surface area contributed by atoms with Crippen LogP contribution in [-0.2, 0) is 11.3 Å². The molecule has 0 aliphatic heterocycles. The first-order valence-corrected chi connectivity index (χ1v) is 10.0. The van der Waals surface area contributed by atoms with E-state index in [0.29, 0.717) is 23.2 Å². The molecule has 8 heteroatoms. The lowest BCUT2D eigenvalue weighted by atomic mass is 10.2. The molecule has 0 fully saturated rings. The molecule has 1 N–H and O–H groups in total. The summed E-state index contributed by atoms with van der Waals surface area (Å²) >= 11 is 1.38. The fourth-order valence-corrected chi connectivity index (χ4v) is 3.77. The minimum absolute atomic E-state index is 0.0787. The Morgan fingerprint density at radius 3 is 2.52 bits per heavy atom. The summed E-state index contributed by atoms with van der Waals surface area (Å²) in [7, 11) is 3.18. The van der Waals surface area contributed by atoms with Crippen molar-refractivity contribution >= 4 is 17.7 Å². The second-order valence-corrected chi connectivity index (χ2v) is 7.68. The van der Waals surface area contributed by atoms with Gasteiger partial charge < -0.3 is 14.8 Å². The van der Waals surface area contributed by atoms with Crippen LogP contribution in [0.25, 0.3) is 5.69 Å². The van der Waals surface area contributed by atoms with Crippen LogP contribution >= 0.6 is 11.8 Å². The molecule has 29 heavy (non-hydrogen) atoms. The molecule has 0 radical (unpaired) electrons. The SMILES string of the molecule is COc1ccc(CNC(=O)[C@H](C)Sc2nnc(C)n2-c2ccccc2)cc1OC. The Morgan fingerprint density at radius 1 is 1.10 bits per heavy atom. The van der Waals surface area contributed by atoms with Crippen LogP contribution in [0, 0.1) is 6.92 Å². The van der Waals surface area contributed by atoms with Crippen molar-refractivity contribution in [2.24, 2.45) is 0 Å². The molecule has 0 unspecified atom stereocenters. The van der Waals surface area contributed by atoms with Crippen molar-refractivity contribution in [1.82, 2.24) is 20.1 Å².